The van der Waals surface area contributed by atoms with Gasteiger partial charge in [-0.1, -0.05) is 0 Å². The summed E-state index contributed by atoms with van der Waals surface area (Å²) >= 11 is 0. The minimum absolute atomic E-state index is 0.0776. The number of hydrogen-bond donors (Lipinski definition) is 2. The van der Waals surface area contributed by atoms with E-state index in [0.717, 1.165) is 17.0 Å². The topological polar surface area (TPSA) is 61.0 Å². The summed E-state index contributed by atoms with van der Waals surface area (Å²) < 4.78 is 0. The van der Waals surface area contributed by atoms with E-state index in [-0.39, 0.29) is 5.91 Å². The molecule has 0 atom stereocenters. The van der Waals surface area contributed by atoms with E-state index in [9.17, 15) is 4.79 Å². The van der Waals surface area contributed by atoms with E-state index in [1.807, 2.05) is 13.8 Å². The Balaban J connectivity index is 2.41. The number of rotatable bonds is 4. The predicted octanol–water partition coefficient (Wildman–Crippen LogP) is 0.204. The molecule has 0 bridgehead atoms. The number of likely N-dealkylation sites (N-methyl/N-ethyl adjacent to an activating group) is 1. The molecule has 1 rings (SSSR count). The predicted molar refractivity (Wildman–Crippen MR) is 58.5 cm³/mol. The number of nitrogens with zero attached hydrogens (tertiary/aromatic N) is 2. The molecule has 1 aromatic rings. The molecular formula is C10H18N4O. The molecule has 5 heteroatoms. The fourth-order valence-electron chi connectivity index (χ4n) is 1.29. The first-order chi connectivity index (χ1) is 7.02. The second-order valence-electron chi connectivity index (χ2n) is 3.80. The minimum atomic E-state index is 0.0776. The highest BCUT2D eigenvalue weighted by Gasteiger charge is 2.07. The molecule has 0 unspecified atom stereocenters. The molecule has 2 N–H and O–H groups in total. The van der Waals surface area contributed by atoms with Gasteiger partial charge in [0.2, 0.25) is 5.91 Å². The van der Waals surface area contributed by atoms with E-state index >= 15 is 0 Å². The van der Waals surface area contributed by atoms with Crippen LogP contribution in [0, 0.1) is 13.8 Å². The lowest BCUT2D eigenvalue weighted by molar-refractivity contribution is -0.127. The average Bonchev–Trinajstić information content (AvgIpc) is 2.48. The summed E-state index contributed by atoms with van der Waals surface area (Å²) in [5.74, 6) is 0.0776. The second kappa shape index (κ2) is 4.93. The number of carbonyl (C=O) groups is 1. The Kier molecular flexibility index (Phi) is 3.85. The summed E-state index contributed by atoms with van der Waals surface area (Å²) in [6.07, 6.45) is 0. The molecule has 1 heterocycles. The Bertz CT molecular complexity index is 324. The van der Waals surface area contributed by atoms with Crippen LogP contribution in [0.4, 0.5) is 0 Å². The zero-order chi connectivity index (χ0) is 11.4. The Morgan fingerprint density at radius 2 is 2.13 bits per heavy atom. The number of aromatic nitrogens is 2. The average molecular weight is 210 g/mol. The van der Waals surface area contributed by atoms with E-state index in [4.69, 9.17) is 0 Å². The number of nitrogens with one attached hydrogen (secondary N) is 2. The minimum Gasteiger partial charge on any atom is -0.348 e. The van der Waals surface area contributed by atoms with E-state index in [2.05, 4.69) is 15.5 Å². The largest absolute Gasteiger partial charge is 0.348 e. The lowest BCUT2D eigenvalue weighted by Crippen LogP contribution is -2.32. The van der Waals surface area contributed by atoms with Gasteiger partial charge in [-0.15, -0.1) is 0 Å². The second-order valence-corrected chi connectivity index (χ2v) is 3.80. The quantitative estimate of drug-likeness (QED) is 0.746. The molecule has 84 valence electrons. The number of aromatic amines is 1. The number of H-pyrrole nitrogens is 1. The highest BCUT2D eigenvalue weighted by atomic mass is 16.2. The van der Waals surface area contributed by atoms with E-state index in [0.29, 0.717) is 13.1 Å². The first-order valence-corrected chi connectivity index (χ1v) is 4.93. The van der Waals surface area contributed by atoms with Crippen LogP contribution in [0.15, 0.2) is 0 Å². The molecule has 0 aliphatic heterocycles. The van der Waals surface area contributed by atoms with Crippen LogP contribution in [-0.4, -0.2) is 41.6 Å². The van der Waals surface area contributed by atoms with Crippen molar-refractivity contribution in [1.82, 2.24) is 20.4 Å². The van der Waals surface area contributed by atoms with Crippen LogP contribution in [-0.2, 0) is 11.3 Å². The van der Waals surface area contributed by atoms with Crippen molar-refractivity contribution < 1.29 is 4.79 Å². The summed E-state index contributed by atoms with van der Waals surface area (Å²) in [7, 11) is 3.50. The smallest absolute Gasteiger partial charge is 0.236 e. The monoisotopic (exact) mass is 210 g/mol. The van der Waals surface area contributed by atoms with Crippen molar-refractivity contribution in [2.45, 2.75) is 20.4 Å². The molecule has 0 spiro atoms. The van der Waals surface area contributed by atoms with Crippen molar-refractivity contribution in [3.63, 3.8) is 0 Å². The number of hydrogen-bond acceptors (Lipinski definition) is 3. The van der Waals surface area contributed by atoms with Crippen molar-refractivity contribution >= 4 is 5.91 Å². The van der Waals surface area contributed by atoms with Crippen molar-refractivity contribution in [2.75, 3.05) is 20.6 Å². The highest BCUT2D eigenvalue weighted by Crippen LogP contribution is 2.07. The first-order valence-electron chi connectivity index (χ1n) is 4.93. The molecule has 0 fully saturated rings. The Hall–Kier alpha value is -1.36. The van der Waals surface area contributed by atoms with Crippen molar-refractivity contribution in [2.24, 2.45) is 0 Å². The number of amides is 1. The van der Waals surface area contributed by atoms with E-state index in [1.165, 1.54) is 0 Å². The van der Waals surface area contributed by atoms with Crippen LogP contribution >= 0.6 is 0 Å². The van der Waals surface area contributed by atoms with Gasteiger partial charge in [0.15, 0.2) is 0 Å². The normalized spacial score (nSPS) is 10.4. The zero-order valence-electron chi connectivity index (χ0n) is 9.72. The van der Waals surface area contributed by atoms with Crippen LogP contribution in [0.5, 0.6) is 0 Å². The SMILES string of the molecule is Cc1n[nH]c(C)c1CNCC(=O)N(C)C. The maximum Gasteiger partial charge on any atom is 0.236 e. The summed E-state index contributed by atoms with van der Waals surface area (Å²) in [5.41, 5.74) is 3.18. The van der Waals surface area contributed by atoms with Crippen molar-refractivity contribution in [3.8, 4) is 0 Å². The van der Waals surface area contributed by atoms with Crippen molar-refractivity contribution in [3.05, 3.63) is 17.0 Å². The van der Waals surface area contributed by atoms with Gasteiger partial charge in [-0.25, -0.2) is 0 Å². The molecule has 5 nitrogen and oxygen atoms in total. The Morgan fingerprint density at radius 3 is 2.60 bits per heavy atom. The number of aryl methyl sites for hydroxylation is 2. The van der Waals surface area contributed by atoms with Gasteiger partial charge in [0.05, 0.1) is 12.2 Å². The molecule has 0 aromatic carbocycles. The fourth-order valence-corrected chi connectivity index (χ4v) is 1.29. The lowest BCUT2D eigenvalue weighted by atomic mass is 10.2. The van der Waals surface area contributed by atoms with Gasteiger partial charge in [-0.3, -0.25) is 9.89 Å². The summed E-state index contributed by atoms with van der Waals surface area (Å²) in [4.78, 5) is 12.9. The molecule has 0 aliphatic carbocycles. The molecule has 0 saturated heterocycles. The lowest BCUT2D eigenvalue weighted by Gasteiger charge is -2.10. The molecule has 1 aromatic heterocycles. The van der Waals surface area contributed by atoms with Gasteiger partial charge in [-0.05, 0) is 13.8 Å². The Labute approximate surface area is 89.9 Å². The Morgan fingerprint density at radius 1 is 1.47 bits per heavy atom. The van der Waals surface area contributed by atoms with Gasteiger partial charge >= 0.3 is 0 Å². The van der Waals surface area contributed by atoms with Gasteiger partial charge < -0.3 is 10.2 Å². The summed E-state index contributed by atoms with van der Waals surface area (Å²) in [5, 5.41) is 10.1. The molecular weight excluding hydrogens is 192 g/mol. The third kappa shape index (κ3) is 3.06. The fraction of sp³-hybridized carbons (Fsp3) is 0.600. The van der Waals surface area contributed by atoms with Crippen LogP contribution in [0.25, 0.3) is 0 Å². The molecule has 15 heavy (non-hydrogen) atoms. The van der Waals surface area contributed by atoms with E-state index in [1.54, 1.807) is 19.0 Å². The zero-order valence-corrected chi connectivity index (χ0v) is 9.72. The van der Waals surface area contributed by atoms with Crippen LogP contribution < -0.4 is 5.32 Å². The van der Waals surface area contributed by atoms with Gasteiger partial charge in [0.1, 0.15) is 0 Å². The molecule has 0 aliphatic rings. The number of carbonyl (C=O) groups excluding carboxylic acids is 1. The highest BCUT2D eigenvalue weighted by molar-refractivity contribution is 5.77. The van der Waals surface area contributed by atoms with Gasteiger partial charge in [0, 0.05) is 31.9 Å². The van der Waals surface area contributed by atoms with Crippen LogP contribution in [0.1, 0.15) is 17.0 Å². The van der Waals surface area contributed by atoms with Crippen molar-refractivity contribution in [1.29, 1.82) is 0 Å². The summed E-state index contributed by atoms with van der Waals surface area (Å²) in [6.45, 7) is 4.96. The van der Waals surface area contributed by atoms with Gasteiger partial charge in [0.25, 0.3) is 0 Å². The molecule has 0 radical (unpaired) electrons. The third-order valence-corrected chi connectivity index (χ3v) is 2.36. The summed E-state index contributed by atoms with van der Waals surface area (Å²) in [6, 6.07) is 0. The maximum absolute atomic E-state index is 11.3. The van der Waals surface area contributed by atoms with Crippen LogP contribution in [0.2, 0.25) is 0 Å². The van der Waals surface area contributed by atoms with E-state index < -0.39 is 0 Å². The maximum atomic E-state index is 11.3. The van der Waals surface area contributed by atoms with Gasteiger partial charge in [-0.2, -0.15) is 5.10 Å². The molecule has 1 amide bonds. The third-order valence-electron chi connectivity index (χ3n) is 2.36. The first kappa shape index (κ1) is 11.7. The van der Waals surface area contributed by atoms with Crippen LogP contribution in [0.3, 0.4) is 0 Å². The standard InChI is InChI=1S/C10H18N4O/c1-7-9(8(2)13-12-7)5-11-6-10(15)14(3)4/h11H,5-6H2,1-4H3,(H,12,13). The molecule has 0 saturated carbocycles.